The molecule has 4 nitrogen and oxygen atoms in total. The van der Waals surface area contributed by atoms with Crippen molar-refractivity contribution in [1.29, 1.82) is 0 Å². The quantitative estimate of drug-likeness (QED) is 0.682. The molecule has 2 N–H and O–H groups in total. The van der Waals surface area contributed by atoms with E-state index in [4.69, 9.17) is 0 Å². The molecule has 0 bridgehead atoms. The Morgan fingerprint density at radius 1 is 1.11 bits per heavy atom. The van der Waals surface area contributed by atoms with Crippen molar-refractivity contribution in [2.45, 2.75) is 45.2 Å². The number of hydrogen-bond donors (Lipinski definition) is 2. The average Bonchev–Trinajstić information content (AvgIpc) is 3.19. The van der Waals surface area contributed by atoms with E-state index in [0.717, 1.165) is 18.9 Å². The number of aliphatic hydroxyl groups is 1. The maximum atomic E-state index is 9.36. The Bertz CT molecular complexity index is 248. The van der Waals surface area contributed by atoms with Crippen LogP contribution in [0.1, 0.15) is 33.1 Å². The van der Waals surface area contributed by atoms with Crippen molar-refractivity contribution in [1.82, 2.24) is 15.1 Å². The number of aliphatic hydroxyl groups excluding tert-OH is 1. The Labute approximate surface area is 118 Å². The lowest BCUT2D eigenvalue weighted by Crippen LogP contribution is -2.48. The summed E-state index contributed by atoms with van der Waals surface area (Å²) in [7, 11) is 0. The average molecular weight is 269 g/mol. The van der Waals surface area contributed by atoms with Crippen LogP contribution in [0, 0.1) is 5.92 Å². The van der Waals surface area contributed by atoms with Crippen LogP contribution >= 0.6 is 0 Å². The molecule has 0 radical (unpaired) electrons. The van der Waals surface area contributed by atoms with Gasteiger partial charge in [0.05, 0.1) is 6.61 Å². The first-order chi connectivity index (χ1) is 9.17. The van der Waals surface area contributed by atoms with Crippen LogP contribution in [0.4, 0.5) is 0 Å². The van der Waals surface area contributed by atoms with Gasteiger partial charge < -0.3 is 20.2 Å². The van der Waals surface area contributed by atoms with Crippen molar-refractivity contribution >= 4 is 0 Å². The van der Waals surface area contributed by atoms with Gasteiger partial charge >= 0.3 is 0 Å². The molecular weight excluding hydrogens is 238 g/mol. The zero-order chi connectivity index (χ0) is 13.7. The van der Waals surface area contributed by atoms with Gasteiger partial charge in [0.25, 0.3) is 0 Å². The molecule has 2 fully saturated rings. The van der Waals surface area contributed by atoms with Crippen LogP contribution in [0.3, 0.4) is 0 Å². The summed E-state index contributed by atoms with van der Waals surface area (Å²) in [5.41, 5.74) is 0. The smallest absolute Gasteiger partial charge is 0.0585 e. The highest BCUT2D eigenvalue weighted by Gasteiger charge is 2.26. The van der Waals surface area contributed by atoms with Gasteiger partial charge in [-0.3, -0.25) is 0 Å². The largest absolute Gasteiger partial charge is 0.395 e. The van der Waals surface area contributed by atoms with E-state index in [1.165, 1.54) is 45.6 Å². The lowest BCUT2D eigenvalue weighted by molar-refractivity contribution is 0.119. The van der Waals surface area contributed by atoms with Crippen LogP contribution in [0.2, 0.25) is 0 Å². The van der Waals surface area contributed by atoms with E-state index >= 15 is 0 Å². The molecule has 19 heavy (non-hydrogen) atoms. The van der Waals surface area contributed by atoms with E-state index in [1.54, 1.807) is 0 Å². The summed E-state index contributed by atoms with van der Waals surface area (Å²) in [6, 6.07) is 0.706. The lowest BCUT2D eigenvalue weighted by atomic mass is 10.1. The van der Waals surface area contributed by atoms with Crippen LogP contribution < -0.4 is 5.32 Å². The molecule has 1 heterocycles. The number of rotatable bonds is 8. The molecule has 2 rings (SSSR count). The Kier molecular flexibility index (Phi) is 6.07. The summed E-state index contributed by atoms with van der Waals surface area (Å²) in [4.78, 5) is 5.18. The third-order valence-corrected chi connectivity index (χ3v) is 4.26. The van der Waals surface area contributed by atoms with Gasteiger partial charge in [-0.1, -0.05) is 13.8 Å². The van der Waals surface area contributed by atoms with Crippen LogP contribution in [0.5, 0.6) is 0 Å². The molecule has 1 saturated heterocycles. The van der Waals surface area contributed by atoms with Crippen LogP contribution in [0.15, 0.2) is 0 Å². The summed E-state index contributed by atoms with van der Waals surface area (Å²) >= 11 is 0. The standard InChI is InChI=1S/C15H31N3O/c1-13(2)16-15(12-19)5-6-17-7-9-18(10-8-17)11-14-3-4-14/h13-16,19H,3-12H2,1-2H3. The second-order valence-corrected chi connectivity index (χ2v) is 6.58. The van der Waals surface area contributed by atoms with Gasteiger partial charge in [-0.25, -0.2) is 0 Å². The van der Waals surface area contributed by atoms with Gasteiger partial charge in [0.15, 0.2) is 0 Å². The van der Waals surface area contributed by atoms with Gasteiger partial charge in [0.2, 0.25) is 0 Å². The molecule has 2 aliphatic rings. The Balaban J connectivity index is 1.58. The molecule has 0 aromatic rings. The topological polar surface area (TPSA) is 38.7 Å². The minimum absolute atomic E-state index is 0.250. The molecule has 0 aromatic carbocycles. The summed E-state index contributed by atoms with van der Waals surface area (Å²) in [6.45, 7) is 11.8. The Hall–Kier alpha value is -0.160. The van der Waals surface area contributed by atoms with Crippen molar-refractivity contribution < 1.29 is 5.11 Å². The first kappa shape index (κ1) is 15.2. The van der Waals surface area contributed by atoms with Gasteiger partial charge in [0.1, 0.15) is 0 Å². The third-order valence-electron chi connectivity index (χ3n) is 4.26. The molecular formula is C15H31N3O. The van der Waals surface area contributed by atoms with E-state index in [2.05, 4.69) is 29.0 Å². The zero-order valence-electron chi connectivity index (χ0n) is 12.6. The molecule has 1 aliphatic carbocycles. The van der Waals surface area contributed by atoms with E-state index in [1.807, 2.05) is 0 Å². The Morgan fingerprint density at radius 3 is 2.26 bits per heavy atom. The molecule has 112 valence electrons. The second-order valence-electron chi connectivity index (χ2n) is 6.58. The SMILES string of the molecule is CC(C)NC(CO)CCN1CCN(CC2CC2)CC1. The third kappa shape index (κ3) is 5.78. The molecule has 4 heteroatoms. The monoisotopic (exact) mass is 269 g/mol. The maximum Gasteiger partial charge on any atom is 0.0585 e. The van der Waals surface area contributed by atoms with E-state index < -0.39 is 0 Å². The summed E-state index contributed by atoms with van der Waals surface area (Å²) in [5.74, 6) is 1.01. The molecule has 0 amide bonds. The van der Waals surface area contributed by atoms with Gasteiger partial charge in [-0.2, -0.15) is 0 Å². The first-order valence-electron chi connectivity index (χ1n) is 7.99. The fourth-order valence-electron chi connectivity index (χ4n) is 2.90. The fraction of sp³-hybridized carbons (Fsp3) is 1.00. The van der Waals surface area contributed by atoms with Crippen molar-refractivity contribution in [2.75, 3.05) is 45.9 Å². The molecule has 0 spiro atoms. The molecule has 0 aromatic heterocycles. The van der Waals surface area contributed by atoms with Crippen molar-refractivity contribution in [2.24, 2.45) is 5.92 Å². The highest BCUT2D eigenvalue weighted by Crippen LogP contribution is 2.29. The summed E-state index contributed by atoms with van der Waals surface area (Å²) < 4.78 is 0. The molecule has 1 unspecified atom stereocenters. The Morgan fingerprint density at radius 2 is 1.74 bits per heavy atom. The molecule has 1 atom stereocenters. The minimum atomic E-state index is 0.250. The summed E-state index contributed by atoms with van der Waals surface area (Å²) in [6.07, 6.45) is 3.97. The van der Waals surface area contributed by atoms with E-state index in [-0.39, 0.29) is 12.6 Å². The normalized spacial score (nSPS) is 24.0. The second kappa shape index (κ2) is 7.58. The first-order valence-corrected chi connectivity index (χ1v) is 7.99. The highest BCUT2D eigenvalue weighted by molar-refractivity contribution is 4.81. The van der Waals surface area contributed by atoms with Crippen LogP contribution in [-0.4, -0.2) is 72.9 Å². The van der Waals surface area contributed by atoms with Gasteiger partial charge in [0, 0.05) is 44.8 Å². The molecule has 1 saturated carbocycles. The number of nitrogens with one attached hydrogen (secondary N) is 1. The van der Waals surface area contributed by atoms with Crippen LogP contribution in [0.25, 0.3) is 0 Å². The van der Waals surface area contributed by atoms with Crippen molar-refractivity contribution in [3.05, 3.63) is 0 Å². The molecule has 1 aliphatic heterocycles. The predicted octanol–water partition coefficient (Wildman–Crippen LogP) is 0.763. The lowest BCUT2D eigenvalue weighted by Gasteiger charge is -2.35. The maximum absolute atomic E-state index is 9.36. The van der Waals surface area contributed by atoms with E-state index in [0.29, 0.717) is 6.04 Å². The zero-order valence-corrected chi connectivity index (χ0v) is 12.6. The van der Waals surface area contributed by atoms with Crippen molar-refractivity contribution in [3.63, 3.8) is 0 Å². The van der Waals surface area contributed by atoms with Crippen LogP contribution in [-0.2, 0) is 0 Å². The minimum Gasteiger partial charge on any atom is -0.395 e. The number of nitrogens with zero attached hydrogens (tertiary/aromatic N) is 2. The highest BCUT2D eigenvalue weighted by atomic mass is 16.3. The van der Waals surface area contributed by atoms with Crippen molar-refractivity contribution in [3.8, 4) is 0 Å². The van der Waals surface area contributed by atoms with Gasteiger partial charge in [-0.15, -0.1) is 0 Å². The summed E-state index contributed by atoms with van der Waals surface area (Å²) in [5, 5.41) is 12.8. The van der Waals surface area contributed by atoms with E-state index in [9.17, 15) is 5.11 Å². The number of hydrogen-bond acceptors (Lipinski definition) is 4. The predicted molar refractivity (Wildman–Crippen MR) is 79.4 cm³/mol. The fourth-order valence-corrected chi connectivity index (χ4v) is 2.90. The van der Waals surface area contributed by atoms with Gasteiger partial charge in [-0.05, 0) is 31.7 Å². The number of piperazine rings is 1.